The van der Waals surface area contributed by atoms with E-state index in [4.69, 9.17) is 5.26 Å². The molecule has 0 bridgehead atoms. The van der Waals surface area contributed by atoms with Crippen LogP contribution in [-0.2, 0) is 7.05 Å². The summed E-state index contributed by atoms with van der Waals surface area (Å²) in [6.07, 6.45) is 0. The molecule has 106 valence electrons. The molecule has 0 saturated carbocycles. The van der Waals surface area contributed by atoms with Crippen LogP contribution in [0.15, 0.2) is 43.8 Å². The average Bonchev–Trinajstić information content (AvgIpc) is 2.46. The standard InChI is InChI=1S/C14H11BrN4O2/c1-8-11(7-16)13(20)19(2)14(21)12(8)18-17-10-5-3-4-9(15)6-10/h3-6,20H,1-2H3. The van der Waals surface area contributed by atoms with Crippen molar-refractivity contribution in [1.82, 2.24) is 4.57 Å². The number of aromatic nitrogens is 1. The highest BCUT2D eigenvalue weighted by Gasteiger charge is 2.16. The van der Waals surface area contributed by atoms with Crippen molar-refractivity contribution >= 4 is 27.3 Å². The lowest BCUT2D eigenvalue weighted by Gasteiger charge is -2.08. The van der Waals surface area contributed by atoms with Gasteiger partial charge in [0.15, 0.2) is 5.69 Å². The van der Waals surface area contributed by atoms with Gasteiger partial charge >= 0.3 is 0 Å². The molecule has 1 N–H and O–H groups in total. The first kappa shape index (κ1) is 14.9. The maximum absolute atomic E-state index is 12.1. The number of hydrogen-bond donors (Lipinski definition) is 1. The second kappa shape index (κ2) is 5.89. The Morgan fingerprint density at radius 1 is 1.38 bits per heavy atom. The highest BCUT2D eigenvalue weighted by atomic mass is 79.9. The van der Waals surface area contributed by atoms with Crippen molar-refractivity contribution < 1.29 is 5.11 Å². The van der Waals surface area contributed by atoms with E-state index in [2.05, 4.69) is 26.2 Å². The van der Waals surface area contributed by atoms with Gasteiger partial charge in [0.1, 0.15) is 11.6 Å². The maximum Gasteiger partial charge on any atom is 0.281 e. The minimum absolute atomic E-state index is 0.0142. The third-order valence-electron chi connectivity index (χ3n) is 2.96. The highest BCUT2D eigenvalue weighted by Crippen LogP contribution is 2.26. The summed E-state index contributed by atoms with van der Waals surface area (Å²) in [5, 5.41) is 26.8. The van der Waals surface area contributed by atoms with Gasteiger partial charge in [0.2, 0.25) is 5.88 Å². The van der Waals surface area contributed by atoms with Gasteiger partial charge < -0.3 is 5.11 Å². The van der Waals surface area contributed by atoms with Crippen LogP contribution in [-0.4, -0.2) is 9.67 Å². The van der Waals surface area contributed by atoms with Crippen LogP contribution < -0.4 is 5.56 Å². The van der Waals surface area contributed by atoms with E-state index in [0.29, 0.717) is 11.3 Å². The molecule has 21 heavy (non-hydrogen) atoms. The Balaban J connectivity index is 2.58. The molecule has 0 aliphatic carbocycles. The van der Waals surface area contributed by atoms with E-state index < -0.39 is 5.56 Å². The van der Waals surface area contributed by atoms with E-state index in [1.165, 1.54) is 7.05 Å². The molecule has 0 unspecified atom stereocenters. The van der Waals surface area contributed by atoms with Gasteiger partial charge in [-0.05, 0) is 25.1 Å². The second-order valence-electron chi connectivity index (χ2n) is 4.33. The minimum Gasteiger partial charge on any atom is -0.493 e. The smallest absolute Gasteiger partial charge is 0.281 e. The number of nitriles is 1. The van der Waals surface area contributed by atoms with Crippen LogP contribution >= 0.6 is 15.9 Å². The molecule has 0 radical (unpaired) electrons. The van der Waals surface area contributed by atoms with Crippen molar-refractivity contribution in [1.29, 1.82) is 5.26 Å². The highest BCUT2D eigenvalue weighted by molar-refractivity contribution is 9.10. The summed E-state index contributed by atoms with van der Waals surface area (Å²) in [6.45, 7) is 1.55. The quantitative estimate of drug-likeness (QED) is 0.844. The van der Waals surface area contributed by atoms with Crippen LogP contribution in [0.2, 0.25) is 0 Å². The Morgan fingerprint density at radius 3 is 2.71 bits per heavy atom. The number of pyridine rings is 1. The van der Waals surface area contributed by atoms with Gasteiger partial charge in [0, 0.05) is 17.1 Å². The number of halogens is 1. The summed E-state index contributed by atoms with van der Waals surface area (Å²) >= 11 is 3.32. The van der Waals surface area contributed by atoms with Crippen LogP contribution in [0.3, 0.4) is 0 Å². The van der Waals surface area contributed by atoms with Crippen molar-refractivity contribution in [3.63, 3.8) is 0 Å². The number of azo groups is 1. The van der Waals surface area contributed by atoms with Gasteiger partial charge in [-0.3, -0.25) is 9.36 Å². The zero-order valence-electron chi connectivity index (χ0n) is 11.3. The van der Waals surface area contributed by atoms with Gasteiger partial charge in [-0.2, -0.15) is 10.4 Å². The minimum atomic E-state index is -0.511. The van der Waals surface area contributed by atoms with Crippen LogP contribution in [0.25, 0.3) is 0 Å². The molecule has 6 nitrogen and oxygen atoms in total. The fraction of sp³-hybridized carbons (Fsp3) is 0.143. The van der Waals surface area contributed by atoms with Crippen molar-refractivity contribution in [3.8, 4) is 11.9 Å². The van der Waals surface area contributed by atoms with Crippen molar-refractivity contribution in [2.45, 2.75) is 6.92 Å². The molecule has 0 fully saturated rings. The van der Waals surface area contributed by atoms with Gasteiger partial charge in [-0.1, -0.05) is 22.0 Å². The van der Waals surface area contributed by atoms with Crippen LogP contribution in [0.4, 0.5) is 11.4 Å². The topological polar surface area (TPSA) is 90.7 Å². The second-order valence-corrected chi connectivity index (χ2v) is 5.24. The third kappa shape index (κ3) is 2.85. The molecule has 0 aliphatic heterocycles. The molecule has 2 rings (SSSR count). The Hall–Kier alpha value is -2.46. The van der Waals surface area contributed by atoms with Crippen LogP contribution in [0.1, 0.15) is 11.1 Å². The van der Waals surface area contributed by atoms with Crippen LogP contribution in [0, 0.1) is 18.3 Å². The molecule has 0 saturated heterocycles. The lowest BCUT2D eigenvalue weighted by atomic mass is 10.1. The first-order valence-corrected chi connectivity index (χ1v) is 6.75. The first-order chi connectivity index (χ1) is 9.95. The third-order valence-corrected chi connectivity index (χ3v) is 3.46. The molecule has 2 aromatic rings. The van der Waals surface area contributed by atoms with Crippen molar-refractivity contribution in [2.75, 3.05) is 0 Å². The molecule has 0 amide bonds. The Bertz CT molecular complexity index is 834. The first-order valence-electron chi connectivity index (χ1n) is 5.95. The Morgan fingerprint density at radius 2 is 2.10 bits per heavy atom. The monoisotopic (exact) mass is 346 g/mol. The molecular weight excluding hydrogens is 336 g/mol. The number of benzene rings is 1. The molecule has 0 atom stereocenters. The molecule has 1 aromatic heterocycles. The van der Waals surface area contributed by atoms with Crippen LogP contribution in [0.5, 0.6) is 5.88 Å². The number of nitrogens with zero attached hydrogens (tertiary/aromatic N) is 4. The molecule has 1 aromatic carbocycles. The molecule has 1 heterocycles. The lowest BCUT2D eigenvalue weighted by Crippen LogP contribution is -2.18. The van der Waals surface area contributed by atoms with E-state index in [9.17, 15) is 9.90 Å². The normalized spacial score (nSPS) is 10.8. The summed E-state index contributed by atoms with van der Waals surface area (Å²) in [5.74, 6) is -0.374. The number of aromatic hydroxyl groups is 1. The van der Waals surface area contributed by atoms with Gasteiger partial charge in [-0.15, -0.1) is 5.11 Å². The predicted molar refractivity (Wildman–Crippen MR) is 81.1 cm³/mol. The zero-order chi connectivity index (χ0) is 15.6. The zero-order valence-corrected chi connectivity index (χ0v) is 12.9. The summed E-state index contributed by atoms with van der Waals surface area (Å²) in [7, 11) is 1.37. The summed E-state index contributed by atoms with van der Waals surface area (Å²) in [4.78, 5) is 12.1. The van der Waals surface area contributed by atoms with E-state index in [-0.39, 0.29) is 17.1 Å². The number of rotatable bonds is 2. The fourth-order valence-corrected chi connectivity index (χ4v) is 2.15. The maximum atomic E-state index is 12.1. The summed E-state index contributed by atoms with van der Waals surface area (Å²) in [5.41, 5.74) is 0.407. The van der Waals surface area contributed by atoms with E-state index in [0.717, 1.165) is 9.04 Å². The Labute approximate surface area is 129 Å². The fourth-order valence-electron chi connectivity index (χ4n) is 1.77. The Kier molecular flexibility index (Phi) is 4.19. The lowest BCUT2D eigenvalue weighted by molar-refractivity contribution is 0.421. The van der Waals surface area contributed by atoms with E-state index >= 15 is 0 Å². The van der Waals surface area contributed by atoms with Gasteiger partial charge in [0.05, 0.1) is 5.69 Å². The molecule has 0 spiro atoms. The number of hydrogen-bond acceptors (Lipinski definition) is 5. The largest absolute Gasteiger partial charge is 0.493 e. The molecular formula is C14H11BrN4O2. The average molecular weight is 347 g/mol. The van der Waals surface area contributed by atoms with Crippen molar-refractivity contribution in [2.24, 2.45) is 17.3 Å². The SMILES string of the molecule is Cc1c(C#N)c(O)n(C)c(=O)c1N=Nc1cccc(Br)c1. The van der Waals surface area contributed by atoms with E-state index in [1.807, 2.05) is 12.1 Å². The summed E-state index contributed by atoms with van der Waals surface area (Å²) < 4.78 is 1.81. The molecule has 7 heteroatoms. The van der Waals surface area contributed by atoms with E-state index in [1.54, 1.807) is 25.1 Å². The van der Waals surface area contributed by atoms with Gasteiger partial charge in [0.25, 0.3) is 5.56 Å². The summed E-state index contributed by atoms with van der Waals surface area (Å²) in [6, 6.07) is 8.98. The predicted octanol–water partition coefficient (Wildman–Crippen LogP) is 3.45. The van der Waals surface area contributed by atoms with Gasteiger partial charge in [-0.25, -0.2) is 0 Å². The van der Waals surface area contributed by atoms with Crippen molar-refractivity contribution in [3.05, 3.63) is 50.2 Å². The molecule has 0 aliphatic rings.